The van der Waals surface area contributed by atoms with Crippen LogP contribution in [0.4, 0.5) is 4.39 Å². The van der Waals surface area contributed by atoms with Crippen LogP contribution in [-0.4, -0.2) is 33.5 Å². The Hall–Kier alpha value is -4.50. The smallest absolute Gasteiger partial charge is 0.275 e. The molecule has 1 aromatic carbocycles. The van der Waals surface area contributed by atoms with E-state index in [9.17, 15) is 15.3 Å². The molecule has 3 heterocycles. The summed E-state index contributed by atoms with van der Waals surface area (Å²) < 4.78 is 17.5. The van der Waals surface area contributed by atoms with Crippen LogP contribution in [0.15, 0.2) is 46.2 Å². The summed E-state index contributed by atoms with van der Waals surface area (Å²) in [7, 11) is 1.77. The minimum absolute atomic E-state index is 0.168. The number of halogens is 1. The number of aryl methyl sites for hydroxylation is 2. The number of nitriles is 2. The lowest BCUT2D eigenvalue weighted by Gasteiger charge is -2.33. The fraction of sp³-hybridized carbons (Fsp3) is 0.296. The highest BCUT2D eigenvalue weighted by Crippen LogP contribution is 2.43. The molecule has 1 amide bonds. The summed E-state index contributed by atoms with van der Waals surface area (Å²) in [6.07, 6.45) is 1.41. The molecule has 0 aliphatic carbocycles. The topological polar surface area (TPSA) is 110 Å². The molecule has 0 fully saturated rings. The van der Waals surface area contributed by atoms with Gasteiger partial charge in [-0.2, -0.15) is 15.6 Å². The average molecular weight is 484 g/mol. The molecule has 1 aromatic heterocycles. The number of allylic oxidation sites excluding steroid dienone is 4. The van der Waals surface area contributed by atoms with Crippen molar-refractivity contribution in [2.45, 2.75) is 46.7 Å². The molecule has 0 spiro atoms. The van der Waals surface area contributed by atoms with Crippen LogP contribution in [0.2, 0.25) is 0 Å². The molecule has 8 nitrogen and oxygen atoms in total. The standard InChI is InChI=1S/C27H26FN7O/c1-7-17-22-13-31-26(32-27(36)23-9-14(3)33-35(23)8-2)18(22)10-19(25(17)28)24-20(11-29)15(4)34(6)16(5)21(24)12-30/h7,9-10,24H,1,8,13H2,2-6H3,(H,31,32,36). The van der Waals surface area contributed by atoms with Gasteiger partial charge < -0.3 is 10.2 Å². The Morgan fingerprint density at radius 1 is 1.25 bits per heavy atom. The largest absolute Gasteiger partial charge is 0.350 e. The monoisotopic (exact) mass is 483 g/mol. The van der Waals surface area contributed by atoms with Gasteiger partial charge in [0.15, 0.2) is 0 Å². The van der Waals surface area contributed by atoms with Crippen LogP contribution in [-0.2, 0) is 13.1 Å². The molecule has 182 valence electrons. The molecule has 0 radical (unpaired) electrons. The van der Waals surface area contributed by atoms with Crippen molar-refractivity contribution in [1.82, 2.24) is 20.0 Å². The van der Waals surface area contributed by atoms with Crippen molar-refractivity contribution in [2.24, 2.45) is 4.99 Å². The first kappa shape index (κ1) is 24.6. The number of nitrogens with zero attached hydrogens (tertiary/aromatic N) is 6. The highest BCUT2D eigenvalue weighted by atomic mass is 19.1. The number of nitrogens with one attached hydrogen (secondary N) is 1. The Morgan fingerprint density at radius 2 is 1.89 bits per heavy atom. The van der Waals surface area contributed by atoms with E-state index < -0.39 is 11.7 Å². The van der Waals surface area contributed by atoms with Crippen LogP contribution in [0.3, 0.4) is 0 Å². The van der Waals surface area contributed by atoms with E-state index in [1.807, 2.05) is 13.8 Å². The summed E-state index contributed by atoms with van der Waals surface area (Å²) in [6.45, 7) is 11.7. The van der Waals surface area contributed by atoms with E-state index in [-0.39, 0.29) is 34.7 Å². The van der Waals surface area contributed by atoms with Crippen molar-refractivity contribution in [2.75, 3.05) is 7.05 Å². The van der Waals surface area contributed by atoms with Gasteiger partial charge in [0.1, 0.15) is 17.3 Å². The zero-order valence-corrected chi connectivity index (χ0v) is 20.9. The van der Waals surface area contributed by atoms with Crippen molar-refractivity contribution in [3.05, 3.63) is 80.7 Å². The zero-order valence-electron chi connectivity index (χ0n) is 20.9. The molecular formula is C27H26FN7O. The quantitative estimate of drug-likeness (QED) is 0.697. The summed E-state index contributed by atoms with van der Waals surface area (Å²) in [5.74, 6) is -1.52. The minimum atomic E-state index is -0.887. The number of aliphatic imine (C=N–C) groups is 1. The predicted octanol–water partition coefficient (Wildman–Crippen LogP) is 4.31. The molecule has 0 bridgehead atoms. The van der Waals surface area contributed by atoms with E-state index in [0.29, 0.717) is 46.3 Å². The van der Waals surface area contributed by atoms with E-state index in [1.54, 1.807) is 42.6 Å². The van der Waals surface area contributed by atoms with Crippen LogP contribution >= 0.6 is 0 Å². The van der Waals surface area contributed by atoms with Crippen LogP contribution < -0.4 is 5.32 Å². The molecule has 9 heteroatoms. The molecule has 36 heavy (non-hydrogen) atoms. The van der Waals surface area contributed by atoms with Crippen molar-refractivity contribution in [3.63, 3.8) is 0 Å². The Kier molecular flexibility index (Phi) is 6.34. The first-order chi connectivity index (χ1) is 17.2. The summed E-state index contributed by atoms with van der Waals surface area (Å²) in [5.41, 5.74) is 4.51. The van der Waals surface area contributed by atoms with Crippen LogP contribution in [0.25, 0.3) is 6.08 Å². The second-order valence-electron chi connectivity index (χ2n) is 8.74. The molecule has 0 atom stereocenters. The van der Waals surface area contributed by atoms with E-state index >= 15 is 4.39 Å². The number of hydrogen-bond donors (Lipinski definition) is 1. The highest BCUT2D eigenvalue weighted by molar-refractivity contribution is 6.14. The molecular weight excluding hydrogens is 457 g/mol. The predicted molar refractivity (Wildman–Crippen MR) is 134 cm³/mol. The van der Waals surface area contributed by atoms with Gasteiger partial charge in [-0.05, 0) is 45.4 Å². The third-order valence-electron chi connectivity index (χ3n) is 6.88. The number of fused-ring (bicyclic) bond motifs is 1. The second-order valence-corrected chi connectivity index (χ2v) is 8.74. The van der Waals surface area contributed by atoms with Gasteiger partial charge in [0.2, 0.25) is 0 Å². The summed E-state index contributed by atoms with van der Waals surface area (Å²) >= 11 is 0. The van der Waals surface area contributed by atoms with Gasteiger partial charge in [-0.3, -0.25) is 14.5 Å². The molecule has 2 aliphatic rings. The second kappa shape index (κ2) is 9.27. The average Bonchev–Trinajstić information content (AvgIpc) is 3.44. The maximum atomic E-state index is 15.9. The summed E-state index contributed by atoms with van der Waals surface area (Å²) in [6, 6.07) is 7.65. The van der Waals surface area contributed by atoms with Crippen molar-refractivity contribution in [3.8, 4) is 12.1 Å². The number of rotatable bonds is 4. The lowest BCUT2D eigenvalue weighted by Crippen LogP contribution is -2.32. The Morgan fingerprint density at radius 3 is 2.44 bits per heavy atom. The first-order valence-electron chi connectivity index (χ1n) is 11.5. The maximum Gasteiger partial charge on any atom is 0.275 e. The SMILES string of the molecule is C=Cc1c(F)c(C2C(C#N)=C(C)N(C)C(C)=C2C#N)cc2c1CN=C2NC(=O)c1cc(C)nn1CC. The maximum absolute atomic E-state index is 15.9. The van der Waals surface area contributed by atoms with Gasteiger partial charge in [0, 0.05) is 41.7 Å². The van der Waals surface area contributed by atoms with Crippen LogP contribution in [0.1, 0.15) is 65.1 Å². The number of aromatic nitrogens is 2. The van der Waals surface area contributed by atoms with E-state index in [2.05, 4.69) is 34.1 Å². The van der Waals surface area contributed by atoms with Gasteiger partial charge in [0.05, 0.1) is 41.4 Å². The highest BCUT2D eigenvalue weighted by Gasteiger charge is 2.36. The molecule has 0 saturated heterocycles. The first-order valence-corrected chi connectivity index (χ1v) is 11.5. The third-order valence-corrected chi connectivity index (χ3v) is 6.88. The van der Waals surface area contributed by atoms with Gasteiger partial charge in [-0.15, -0.1) is 0 Å². The fourth-order valence-corrected chi connectivity index (χ4v) is 4.81. The Bertz CT molecular complexity index is 1460. The van der Waals surface area contributed by atoms with Crippen molar-refractivity contribution >= 4 is 17.8 Å². The lowest BCUT2D eigenvalue weighted by atomic mass is 9.79. The Balaban J connectivity index is 1.85. The summed E-state index contributed by atoms with van der Waals surface area (Å²) in [4.78, 5) is 19.3. The Labute approximate surface area is 209 Å². The van der Waals surface area contributed by atoms with Crippen LogP contribution in [0.5, 0.6) is 0 Å². The van der Waals surface area contributed by atoms with Gasteiger partial charge in [-0.1, -0.05) is 12.7 Å². The van der Waals surface area contributed by atoms with E-state index in [4.69, 9.17) is 0 Å². The molecule has 1 N–H and O–H groups in total. The number of amides is 1. The number of amidine groups is 1. The van der Waals surface area contributed by atoms with Gasteiger partial charge >= 0.3 is 0 Å². The molecule has 2 aliphatic heterocycles. The third kappa shape index (κ3) is 3.70. The molecule has 4 rings (SSSR count). The number of hydrogen-bond acceptors (Lipinski definition) is 6. The number of benzene rings is 1. The molecule has 0 saturated carbocycles. The minimum Gasteiger partial charge on any atom is -0.350 e. The van der Waals surface area contributed by atoms with Crippen molar-refractivity contribution < 1.29 is 9.18 Å². The molecule has 0 unspecified atom stereocenters. The van der Waals surface area contributed by atoms with Crippen molar-refractivity contribution in [1.29, 1.82) is 10.5 Å². The van der Waals surface area contributed by atoms with E-state index in [1.165, 1.54) is 6.08 Å². The number of carbonyl (C=O) groups excluding carboxylic acids is 1. The summed E-state index contributed by atoms with van der Waals surface area (Å²) in [5, 5.41) is 27.1. The zero-order chi connectivity index (χ0) is 26.3. The van der Waals surface area contributed by atoms with Crippen LogP contribution in [0, 0.1) is 35.4 Å². The van der Waals surface area contributed by atoms with Gasteiger partial charge in [-0.25, -0.2) is 4.39 Å². The normalized spacial score (nSPS) is 15.4. The van der Waals surface area contributed by atoms with E-state index in [0.717, 1.165) is 0 Å². The van der Waals surface area contributed by atoms with Gasteiger partial charge in [0.25, 0.3) is 5.91 Å². The molecule has 2 aromatic rings. The number of carbonyl (C=O) groups is 1. The lowest BCUT2D eigenvalue weighted by molar-refractivity contribution is 0.0966. The fourth-order valence-electron chi connectivity index (χ4n) is 4.81.